The third-order valence-electron chi connectivity index (χ3n) is 4.86. The number of carbonyl (C=O) groups is 1. The molecule has 6 nitrogen and oxygen atoms in total. The zero-order valence-corrected chi connectivity index (χ0v) is 18.2. The number of benzene rings is 3. The van der Waals surface area contributed by atoms with Crippen LogP contribution in [-0.2, 0) is 28.3 Å². The molecule has 0 fully saturated rings. The summed E-state index contributed by atoms with van der Waals surface area (Å²) in [7, 11) is -1.88. The van der Waals surface area contributed by atoms with E-state index in [4.69, 9.17) is 11.6 Å². The van der Waals surface area contributed by atoms with Crippen LogP contribution in [0.15, 0.2) is 83.9 Å². The lowest BCUT2D eigenvalue weighted by atomic mass is 10.1. The first-order chi connectivity index (χ1) is 14.8. The minimum Gasteiger partial charge on any atom is -0.350 e. The number of aromatic nitrogens is 1. The van der Waals surface area contributed by atoms with E-state index in [2.05, 4.69) is 10.0 Å². The van der Waals surface area contributed by atoms with Crippen molar-refractivity contribution in [2.75, 3.05) is 10.0 Å². The van der Waals surface area contributed by atoms with Gasteiger partial charge in [-0.15, -0.1) is 0 Å². The molecule has 0 saturated heterocycles. The summed E-state index contributed by atoms with van der Waals surface area (Å²) in [4.78, 5) is 12.7. The highest BCUT2D eigenvalue weighted by Gasteiger charge is 2.16. The Labute approximate surface area is 185 Å². The van der Waals surface area contributed by atoms with E-state index in [1.807, 2.05) is 42.1 Å². The molecule has 8 heteroatoms. The fraction of sp³-hybridized carbons (Fsp3) is 0.0870. The highest BCUT2D eigenvalue weighted by molar-refractivity contribution is 7.92. The van der Waals surface area contributed by atoms with Gasteiger partial charge in [-0.1, -0.05) is 35.9 Å². The van der Waals surface area contributed by atoms with Gasteiger partial charge >= 0.3 is 0 Å². The minimum atomic E-state index is -3.82. The van der Waals surface area contributed by atoms with Gasteiger partial charge in [-0.05, 0) is 54.1 Å². The second-order valence-electron chi connectivity index (χ2n) is 7.15. The standard InChI is InChI=1S/C23H20ClN3O3S/c1-27-15-16(21-7-2-3-8-22(21)27)13-23(28)25-19-5-4-6-20(14-19)31(29,30)26-18-11-9-17(24)10-12-18/h2-12,14-15,26H,13H2,1H3,(H,25,28). The van der Waals surface area contributed by atoms with Gasteiger partial charge in [-0.25, -0.2) is 8.42 Å². The first-order valence-corrected chi connectivity index (χ1v) is 11.4. The summed E-state index contributed by atoms with van der Waals surface area (Å²) in [5, 5.41) is 4.32. The summed E-state index contributed by atoms with van der Waals surface area (Å²) in [6.07, 6.45) is 2.11. The fourth-order valence-electron chi connectivity index (χ4n) is 3.42. The van der Waals surface area contributed by atoms with Gasteiger partial charge < -0.3 is 9.88 Å². The van der Waals surface area contributed by atoms with E-state index in [9.17, 15) is 13.2 Å². The Kier molecular flexibility index (Phi) is 5.71. The van der Waals surface area contributed by atoms with E-state index >= 15 is 0 Å². The molecule has 31 heavy (non-hydrogen) atoms. The summed E-state index contributed by atoms with van der Waals surface area (Å²) in [6, 6.07) is 20.4. The predicted molar refractivity (Wildman–Crippen MR) is 124 cm³/mol. The molecule has 4 aromatic rings. The van der Waals surface area contributed by atoms with E-state index in [0.717, 1.165) is 16.5 Å². The molecule has 0 aliphatic carbocycles. The molecule has 4 rings (SSSR count). The Morgan fingerprint density at radius 2 is 1.71 bits per heavy atom. The summed E-state index contributed by atoms with van der Waals surface area (Å²) in [5.74, 6) is -0.225. The van der Waals surface area contributed by atoms with Crippen LogP contribution in [0.4, 0.5) is 11.4 Å². The molecule has 0 aliphatic rings. The molecule has 0 saturated carbocycles. The number of hydrogen-bond acceptors (Lipinski definition) is 3. The molecule has 1 heterocycles. The van der Waals surface area contributed by atoms with Gasteiger partial charge in [0.1, 0.15) is 0 Å². The van der Waals surface area contributed by atoms with Crippen molar-refractivity contribution in [1.82, 2.24) is 4.57 Å². The third kappa shape index (κ3) is 4.73. The molecule has 158 valence electrons. The van der Waals surface area contributed by atoms with Crippen LogP contribution >= 0.6 is 11.6 Å². The average molecular weight is 454 g/mol. The number of sulfonamides is 1. The molecule has 0 spiro atoms. The van der Waals surface area contributed by atoms with Gasteiger partial charge in [0.25, 0.3) is 10.0 Å². The zero-order valence-electron chi connectivity index (χ0n) is 16.7. The van der Waals surface area contributed by atoms with Crippen LogP contribution in [0.2, 0.25) is 5.02 Å². The lowest BCUT2D eigenvalue weighted by molar-refractivity contribution is -0.115. The number of carbonyl (C=O) groups excluding carboxylic acids is 1. The number of fused-ring (bicyclic) bond motifs is 1. The van der Waals surface area contributed by atoms with Gasteiger partial charge in [0.05, 0.1) is 11.3 Å². The smallest absolute Gasteiger partial charge is 0.261 e. The zero-order chi connectivity index (χ0) is 22.0. The van der Waals surface area contributed by atoms with Crippen molar-refractivity contribution >= 4 is 49.8 Å². The van der Waals surface area contributed by atoms with Crippen LogP contribution in [0.25, 0.3) is 10.9 Å². The van der Waals surface area contributed by atoms with Gasteiger partial charge in [0, 0.05) is 40.5 Å². The van der Waals surface area contributed by atoms with Crippen LogP contribution in [0.5, 0.6) is 0 Å². The summed E-state index contributed by atoms with van der Waals surface area (Å²) >= 11 is 5.84. The average Bonchev–Trinajstić information content (AvgIpc) is 3.05. The van der Waals surface area contributed by atoms with E-state index in [0.29, 0.717) is 16.4 Å². The second kappa shape index (κ2) is 8.45. The SMILES string of the molecule is Cn1cc(CC(=O)Nc2cccc(S(=O)(=O)Nc3ccc(Cl)cc3)c2)c2ccccc21. The molecular weight excluding hydrogens is 434 g/mol. The van der Waals surface area contributed by atoms with Crippen LogP contribution in [0, 0.1) is 0 Å². The quantitative estimate of drug-likeness (QED) is 0.439. The molecule has 0 atom stereocenters. The van der Waals surface area contributed by atoms with Crippen LogP contribution in [0.1, 0.15) is 5.56 Å². The molecule has 2 N–H and O–H groups in total. The van der Waals surface area contributed by atoms with Crippen molar-refractivity contribution in [3.05, 3.63) is 89.6 Å². The lowest BCUT2D eigenvalue weighted by Crippen LogP contribution is -2.16. The van der Waals surface area contributed by atoms with Crippen molar-refractivity contribution in [2.45, 2.75) is 11.3 Å². The van der Waals surface area contributed by atoms with Crippen molar-refractivity contribution in [3.8, 4) is 0 Å². The maximum atomic E-state index is 12.7. The summed E-state index contributed by atoms with van der Waals surface area (Å²) < 4.78 is 29.9. The van der Waals surface area contributed by atoms with Crippen LogP contribution in [0.3, 0.4) is 0 Å². The number of halogens is 1. The van der Waals surface area contributed by atoms with Crippen molar-refractivity contribution in [2.24, 2.45) is 7.05 Å². The maximum Gasteiger partial charge on any atom is 0.261 e. The Bertz CT molecular complexity index is 1360. The van der Waals surface area contributed by atoms with Crippen molar-refractivity contribution in [3.63, 3.8) is 0 Å². The largest absolute Gasteiger partial charge is 0.350 e. The first-order valence-electron chi connectivity index (χ1n) is 9.53. The number of rotatable bonds is 6. The van der Waals surface area contributed by atoms with Gasteiger partial charge in [0.15, 0.2) is 0 Å². The number of hydrogen-bond donors (Lipinski definition) is 2. The highest BCUT2D eigenvalue weighted by Crippen LogP contribution is 2.23. The molecule has 0 bridgehead atoms. The number of nitrogens with zero attached hydrogens (tertiary/aromatic N) is 1. The Morgan fingerprint density at radius 1 is 0.968 bits per heavy atom. The van der Waals surface area contributed by atoms with E-state index in [1.54, 1.807) is 36.4 Å². The van der Waals surface area contributed by atoms with E-state index < -0.39 is 10.0 Å². The Morgan fingerprint density at radius 3 is 2.48 bits per heavy atom. The van der Waals surface area contributed by atoms with Crippen molar-refractivity contribution < 1.29 is 13.2 Å². The summed E-state index contributed by atoms with van der Waals surface area (Å²) in [6.45, 7) is 0. The summed E-state index contributed by atoms with van der Waals surface area (Å²) in [5.41, 5.74) is 2.76. The second-order valence-corrected chi connectivity index (χ2v) is 9.27. The number of amides is 1. The van der Waals surface area contributed by atoms with Crippen molar-refractivity contribution in [1.29, 1.82) is 0 Å². The van der Waals surface area contributed by atoms with Gasteiger partial charge in [-0.3, -0.25) is 9.52 Å². The normalized spacial score (nSPS) is 11.4. The van der Waals surface area contributed by atoms with Gasteiger partial charge in [0.2, 0.25) is 5.91 Å². The predicted octanol–water partition coefficient (Wildman–Crippen LogP) is 4.81. The number of para-hydroxylation sites is 1. The van der Waals surface area contributed by atoms with E-state index in [-0.39, 0.29) is 17.2 Å². The topological polar surface area (TPSA) is 80.2 Å². The molecule has 0 unspecified atom stereocenters. The number of aryl methyl sites for hydroxylation is 1. The minimum absolute atomic E-state index is 0.0467. The highest BCUT2D eigenvalue weighted by atomic mass is 35.5. The van der Waals surface area contributed by atoms with Crippen LogP contribution < -0.4 is 10.0 Å². The maximum absolute atomic E-state index is 12.7. The Balaban J connectivity index is 1.50. The molecule has 3 aromatic carbocycles. The molecular formula is C23H20ClN3O3S. The number of anilines is 2. The van der Waals surface area contributed by atoms with E-state index in [1.165, 1.54) is 12.1 Å². The Hall–Kier alpha value is -3.29. The number of nitrogens with one attached hydrogen (secondary N) is 2. The molecule has 1 aromatic heterocycles. The molecule has 0 aliphatic heterocycles. The van der Waals surface area contributed by atoms with Gasteiger partial charge in [-0.2, -0.15) is 0 Å². The monoisotopic (exact) mass is 453 g/mol. The van der Waals surface area contributed by atoms with Crippen LogP contribution in [-0.4, -0.2) is 18.9 Å². The molecule has 0 radical (unpaired) electrons. The first kappa shape index (κ1) is 21.0. The third-order valence-corrected chi connectivity index (χ3v) is 6.49. The fourth-order valence-corrected chi connectivity index (χ4v) is 4.65. The molecule has 1 amide bonds. The lowest BCUT2D eigenvalue weighted by Gasteiger charge is -2.10.